The van der Waals surface area contributed by atoms with Crippen LogP contribution < -0.4 is 5.73 Å². The Morgan fingerprint density at radius 3 is 1.60 bits per heavy atom. The molecule has 0 bridgehead atoms. The molecule has 0 heterocycles. The van der Waals surface area contributed by atoms with E-state index in [0.717, 1.165) is 0 Å². The van der Waals surface area contributed by atoms with Crippen molar-refractivity contribution in [2.45, 2.75) is 5.52 Å². The molecule has 9 heteroatoms. The van der Waals surface area contributed by atoms with Crippen LogP contribution in [0.25, 0.3) is 0 Å². The summed E-state index contributed by atoms with van der Waals surface area (Å²) in [5.41, 5.74) is 2.27. The van der Waals surface area contributed by atoms with Crippen molar-refractivity contribution >= 4 is 15.5 Å². The summed E-state index contributed by atoms with van der Waals surface area (Å²) in [7, 11) is -9.41. The number of hydrogen-bond donors (Lipinski definition) is 6. The van der Waals surface area contributed by atoms with Gasteiger partial charge in [0.25, 0.3) is 5.52 Å². The minimum absolute atomic E-state index is 2.29. The Kier molecular flexibility index (Phi) is 2.93. The molecule has 0 aromatic rings. The van der Waals surface area contributed by atoms with Gasteiger partial charge in [0.15, 0.2) is 0 Å². The van der Waals surface area contributed by atoms with Crippen LogP contribution in [0.4, 0.5) is 0 Å². The molecule has 0 aliphatic carbocycles. The topological polar surface area (TPSA) is 144 Å². The van der Waals surface area contributed by atoms with E-state index in [1.165, 1.54) is 0 Å². The Bertz CT molecular complexity index is 156. The Balaban J connectivity index is 4.39. The molecule has 0 aliphatic heterocycles. The highest BCUT2D eigenvalue weighted by Crippen LogP contribution is 2.61. The molecule has 7 nitrogen and oxygen atoms in total. The molecule has 62 valence electrons. The van der Waals surface area contributed by atoms with Crippen molar-refractivity contribution in [3.8, 4) is 0 Å². The van der Waals surface area contributed by atoms with Gasteiger partial charge in [0.05, 0.1) is 0 Å². The molecule has 0 saturated carbocycles. The van der Waals surface area contributed by atoms with Crippen LogP contribution in [0.5, 0.6) is 0 Å². The summed E-state index contributed by atoms with van der Waals surface area (Å²) >= 11 is 0. The van der Waals surface area contributed by atoms with E-state index in [-0.39, 0.29) is 0 Å². The van der Waals surface area contributed by atoms with Gasteiger partial charge in [0.1, 0.15) is 0 Å². The van der Waals surface area contributed by atoms with Crippen molar-refractivity contribution in [3.05, 3.63) is 0 Å². The average Bonchev–Trinajstić information content (AvgIpc) is 1.59. The van der Waals surface area contributed by atoms with Crippen molar-refractivity contribution in [2.75, 3.05) is 0 Å². The van der Waals surface area contributed by atoms with Crippen molar-refractivity contribution in [1.29, 1.82) is 0 Å². The maximum Gasteiger partial charge on any atom is 0.435 e. The predicted molar refractivity (Wildman–Crippen MR) is 33.6 cm³/mol. The average molecular weight is 192 g/mol. The van der Waals surface area contributed by atoms with E-state index in [1.807, 2.05) is 0 Å². The highest BCUT2D eigenvalue weighted by Gasteiger charge is 2.51. The van der Waals surface area contributed by atoms with Crippen LogP contribution in [0.3, 0.4) is 0 Å². The molecule has 1 unspecified atom stereocenters. The molecule has 0 spiro atoms. The smallest absolute Gasteiger partial charge is 0.320 e. The summed E-state index contributed by atoms with van der Waals surface area (Å²) in [6.45, 7) is 0. The maximum absolute atomic E-state index is 10.1. The molecule has 0 saturated heterocycles. The van der Waals surface area contributed by atoms with Gasteiger partial charge in [-0.2, -0.15) is 14.7 Å². The fourth-order valence-electron chi connectivity index (χ4n) is 0.202. The molecule has 0 radical (unpaired) electrons. The quantitative estimate of drug-likeness (QED) is 0.281. The molecule has 10 heavy (non-hydrogen) atoms. The number of nitrogens with two attached hydrogens (primary N) is 1. The first-order chi connectivity index (χ1) is 4.15. The third-order valence-corrected chi connectivity index (χ3v) is 3.93. The molecule has 0 amide bonds. The van der Waals surface area contributed by atoms with E-state index in [2.05, 4.69) is 5.73 Å². The highest BCUT2D eigenvalue weighted by molar-refractivity contribution is 7.74. The summed E-state index contributed by atoms with van der Waals surface area (Å²) in [5, 5.41) is 0. The van der Waals surface area contributed by atoms with Gasteiger partial charge in [-0.1, -0.05) is 0 Å². The van der Waals surface area contributed by atoms with E-state index in [0.29, 0.717) is 0 Å². The first kappa shape index (κ1) is 10.4. The molecule has 1 atom stereocenters. The fraction of sp³-hybridized carbons (Fsp3) is 1.00. The van der Waals surface area contributed by atoms with Crippen LogP contribution >= 0.6 is 15.5 Å². The molecule has 0 fully saturated rings. The molecule has 0 aromatic heterocycles. The second kappa shape index (κ2) is 2.81. The van der Waals surface area contributed by atoms with Crippen LogP contribution in [0.2, 0.25) is 0 Å². The van der Waals surface area contributed by atoms with E-state index >= 15 is 0 Å². The zero-order valence-corrected chi connectivity index (χ0v) is 6.48. The van der Waals surface area contributed by atoms with Crippen LogP contribution in [-0.4, -0.2) is 30.0 Å². The van der Waals surface area contributed by atoms with Gasteiger partial charge in [0.2, 0.25) is 0 Å². The summed E-state index contributed by atoms with van der Waals surface area (Å²) in [5.74, 6) is 0. The van der Waals surface area contributed by atoms with Crippen LogP contribution in [0.15, 0.2) is 0 Å². The van der Waals surface area contributed by atoms with Crippen LogP contribution in [-0.2, 0) is 4.57 Å². The van der Waals surface area contributed by atoms with Crippen LogP contribution in [0, 0.1) is 0 Å². The van der Waals surface area contributed by atoms with Gasteiger partial charge in [-0.25, -0.2) is 0 Å². The van der Waals surface area contributed by atoms with E-state index < -0.39 is 21.1 Å². The Hall–Kier alpha value is 0.420. The summed E-state index contributed by atoms with van der Waals surface area (Å²) in [4.78, 5) is 41.0. The summed E-state index contributed by atoms with van der Waals surface area (Å²) < 4.78 is 10.1. The third-order valence-electron chi connectivity index (χ3n) is 0.700. The lowest BCUT2D eigenvalue weighted by Gasteiger charge is -2.12. The van der Waals surface area contributed by atoms with E-state index in [1.54, 1.807) is 0 Å². The molecule has 0 rings (SSSR count). The Morgan fingerprint density at radius 2 is 1.60 bits per heavy atom. The lowest BCUT2D eigenvalue weighted by Crippen LogP contribution is -2.23. The highest BCUT2D eigenvalue weighted by atomic mass is 31.3. The van der Waals surface area contributed by atoms with E-state index in [4.69, 9.17) is 24.5 Å². The molecule has 7 N–H and O–H groups in total. The third kappa shape index (κ3) is 3.01. The lowest BCUT2D eigenvalue weighted by molar-refractivity contribution is 0.310. The van der Waals surface area contributed by atoms with E-state index in [9.17, 15) is 4.57 Å². The first-order valence-corrected chi connectivity index (χ1v) is 5.43. The second-order valence-corrected chi connectivity index (χ2v) is 5.55. The fourth-order valence-corrected chi connectivity index (χ4v) is 1.82. The molecule has 0 aliphatic rings. The van der Waals surface area contributed by atoms with Gasteiger partial charge in [0, 0.05) is 0 Å². The lowest BCUT2D eigenvalue weighted by atomic mass is 11.5. The van der Waals surface area contributed by atoms with Gasteiger partial charge in [-0.15, -0.1) is 0 Å². The van der Waals surface area contributed by atoms with Gasteiger partial charge >= 0.3 is 15.5 Å². The number of rotatable bonds is 2. The standard InChI is InChI=1S/CH7NO6P2/c2-1(9(3,4)5)10(6,7)8/h1,3-5H,2H2,(H-,6,7,8)/p+1. The minimum atomic E-state index is -4.80. The van der Waals surface area contributed by atoms with Gasteiger partial charge in [-0.05, 0) is 0 Å². The second-order valence-electron chi connectivity index (χ2n) is 1.62. The zero-order chi connectivity index (χ0) is 8.58. The summed E-state index contributed by atoms with van der Waals surface area (Å²) in [6, 6.07) is 0. The summed E-state index contributed by atoms with van der Waals surface area (Å²) in [6.07, 6.45) is 0. The largest absolute Gasteiger partial charge is 0.435 e. The normalized spacial score (nSPS) is 17.0. The maximum atomic E-state index is 10.1. The predicted octanol–water partition coefficient (Wildman–Crippen LogP) is -1.85. The van der Waals surface area contributed by atoms with Crippen molar-refractivity contribution < 1.29 is 29.0 Å². The SMILES string of the molecule is NC(P(=O)(O)O)[P+](O)(O)O. The zero-order valence-electron chi connectivity index (χ0n) is 4.69. The van der Waals surface area contributed by atoms with Gasteiger partial charge < -0.3 is 9.79 Å². The molecular weight excluding hydrogens is 184 g/mol. The van der Waals surface area contributed by atoms with Crippen molar-refractivity contribution in [2.24, 2.45) is 5.73 Å². The monoisotopic (exact) mass is 192 g/mol. The molecular formula is CH8NO6P2+. The molecule has 0 aromatic carbocycles. The van der Waals surface area contributed by atoms with Crippen molar-refractivity contribution in [1.82, 2.24) is 0 Å². The van der Waals surface area contributed by atoms with Crippen LogP contribution in [0.1, 0.15) is 0 Å². The Morgan fingerprint density at radius 1 is 1.30 bits per heavy atom. The van der Waals surface area contributed by atoms with Crippen molar-refractivity contribution in [3.63, 3.8) is 0 Å². The minimum Gasteiger partial charge on any atom is -0.320 e. The number of hydrogen-bond acceptors (Lipinski definition) is 5. The Labute approximate surface area is 56.9 Å². The van der Waals surface area contributed by atoms with Gasteiger partial charge in [-0.3, -0.25) is 10.3 Å². The first-order valence-electron chi connectivity index (χ1n) is 2.03.